The summed E-state index contributed by atoms with van der Waals surface area (Å²) in [7, 11) is 0. The molecule has 2 fully saturated rings. The topological polar surface area (TPSA) is 32.3 Å². The zero-order chi connectivity index (χ0) is 14.2. The Morgan fingerprint density at radius 1 is 1.10 bits per heavy atom. The number of hydrogen-bond acceptors (Lipinski definition) is 4. The molecule has 2 aliphatic rings. The Bertz CT molecular complexity index is 648. The Kier molecular flexibility index (Phi) is 3.43. The first-order chi connectivity index (χ1) is 10.3. The van der Waals surface area contributed by atoms with Crippen molar-refractivity contribution in [3.05, 3.63) is 29.5 Å². The normalized spacial score (nSPS) is 20.1. The summed E-state index contributed by atoms with van der Waals surface area (Å²) >= 11 is 6.05. The predicted molar refractivity (Wildman–Crippen MR) is 85.9 cm³/mol. The first-order valence-electron chi connectivity index (χ1n) is 7.67. The zero-order valence-corrected chi connectivity index (χ0v) is 12.8. The van der Waals surface area contributed by atoms with Gasteiger partial charge < -0.3 is 4.90 Å². The number of fused-ring (bicyclic) bond motifs is 1. The lowest BCUT2D eigenvalue weighted by atomic mass is 10.2. The smallest absolute Gasteiger partial charge is 0.139 e. The summed E-state index contributed by atoms with van der Waals surface area (Å²) in [6, 6.07) is 5.86. The molecule has 0 amide bonds. The van der Waals surface area contributed by atoms with Crippen LogP contribution in [0.25, 0.3) is 10.9 Å². The number of anilines is 1. The van der Waals surface area contributed by atoms with Crippen molar-refractivity contribution in [2.24, 2.45) is 5.92 Å². The van der Waals surface area contributed by atoms with Crippen molar-refractivity contribution < 1.29 is 0 Å². The van der Waals surface area contributed by atoms with E-state index in [1.54, 1.807) is 6.33 Å². The van der Waals surface area contributed by atoms with Crippen LogP contribution in [-0.2, 0) is 0 Å². The van der Waals surface area contributed by atoms with Gasteiger partial charge in [-0.05, 0) is 37.0 Å². The van der Waals surface area contributed by atoms with E-state index < -0.39 is 0 Å². The quantitative estimate of drug-likeness (QED) is 0.873. The maximum atomic E-state index is 6.05. The van der Waals surface area contributed by atoms with Crippen LogP contribution >= 0.6 is 11.6 Å². The monoisotopic (exact) mass is 302 g/mol. The fraction of sp³-hybridized carbons (Fsp3) is 0.500. The molecule has 110 valence electrons. The summed E-state index contributed by atoms with van der Waals surface area (Å²) in [5.74, 6) is 2.02. The molecule has 0 radical (unpaired) electrons. The lowest BCUT2D eigenvalue weighted by Gasteiger charge is -2.35. The van der Waals surface area contributed by atoms with Gasteiger partial charge in [0, 0.05) is 43.1 Å². The van der Waals surface area contributed by atoms with Crippen molar-refractivity contribution in [1.29, 1.82) is 0 Å². The molecular formula is C16H19ClN4. The van der Waals surface area contributed by atoms with Crippen LogP contribution in [0.15, 0.2) is 24.5 Å². The number of hydrogen-bond donors (Lipinski definition) is 0. The number of benzene rings is 1. The van der Waals surface area contributed by atoms with E-state index in [-0.39, 0.29) is 0 Å². The van der Waals surface area contributed by atoms with Crippen molar-refractivity contribution in [3.63, 3.8) is 0 Å². The molecule has 2 heterocycles. The van der Waals surface area contributed by atoms with Crippen molar-refractivity contribution in [1.82, 2.24) is 14.9 Å². The summed E-state index contributed by atoms with van der Waals surface area (Å²) in [6.45, 7) is 5.64. The first-order valence-corrected chi connectivity index (χ1v) is 8.05. The third-order valence-electron chi connectivity index (χ3n) is 4.46. The second-order valence-corrected chi connectivity index (χ2v) is 6.53. The molecule has 0 bridgehead atoms. The molecule has 1 aromatic carbocycles. The lowest BCUT2D eigenvalue weighted by Crippen LogP contribution is -2.47. The molecule has 0 atom stereocenters. The van der Waals surface area contributed by atoms with Gasteiger partial charge in [-0.3, -0.25) is 4.90 Å². The average molecular weight is 303 g/mol. The molecule has 1 aliphatic carbocycles. The fourth-order valence-electron chi connectivity index (χ4n) is 3.08. The highest BCUT2D eigenvalue weighted by molar-refractivity contribution is 6.31. The van der Waals surface area contributed by atoms with E-state index in [0.29, 0.717) is 0 Å². The molecule has 1 aromatic heterocycles. The highest BCUT2D eigenvalue weighted by Crippen LogP contribution is 2.31. The maximum absolute atomic E-state index is 6.05. The number of rotatable bonds is 3. The SMILES string of the molecule is Clc1ccc2c(N3CCN(CC4CC4)CC3)ncnc2c1. The average Bonchev–Trinajstić information content (AvgIpc) is 3.31. The number of halogens is 1. The van der Waals surface area contributed by atoms with Crippen molar-refractivity contribution >= 4 is 28.3 Å². The van der Waals surface area contributed by atoms with Gasteiger partial charge in [0.15, 0.2) is 0 Å². The molecule has 1 aliphatic heterocycles. The molecule has 4 rings (SSSR count). The molecule has 1 saturated carbocycles. The van der Waals surface area contributed by atoms with Crippen molar-refractivity contribution in [2.75, 3.05) is 37.6 Å². The zero-order valence-electron chi connectivity index (χ0n) is 12.0. The molecule has 0 unspecified atom stereocenters. The van der Waals surface area contributed by atoms with E-state index in [1.165, 1.54) is 19.4 Å². The fourth-order valence-corrected chi connectivity index (χ4v) is 3.24. The number of aromatic nitrogens is 2. The summed E-state index contributed by atoms with van der Waals surface area (Å²) in [5, 5.41) is 1.82. The molecule has 0 spiro atoms. The van der Waals surface area contributed by atoms with E-state index >= 15 is 0 Å². The lowest BCUT2D eigenvalue weighted by molar-refractivity contribution is 0.248. The second-order valence-electron chi connectivity index (χ2n) is 6.09. The van der Waals surface area contributed by atoms with Gasteiger partial charge in [0.1, 0.15) is 12.1 Å². The Balaban J connectivity index is 1.53. The minimum Gasteiger partial charge on any atom is -0.353 e. The van der Waals surface area contributed by atoms with Gasteiger partial charge >= 0.3 is 0 Å². The number of piperazine rings is 1. The largest absolute Gasteiger partial charge is 0.353 e. The molecule has 0 N–H and O–H groups in total. The molecule has 1 saturated heterocycles. The van der Waals surface area contributed by atoms with Crippen LogP contribution < -0.4 is 4.90 Å². The van der Waals surface area contributed by atoms with Crippen LogP contribution in [0.5, 0.6) is 0 Å². The summed E-state index contributed by atoms with van der Waals surface area (Å²) in [5.41, 5.74) is 0.924. The van der Waals surface area contributed by atoms with Crippen LogP contribution in [-0.4, -0.2) is 47.6 Å². The van der Waals surface area contributed by atoms with E-state index in [2.05, 4.69) is 19.8 Å². The molecule has 2 aromatic rings. The van der Waals surface area contributed by atoms with Gasteiger partial charge in [-0.25, -0.2) is 9.97 Å². The minimum absolute atomic E-state index is 0.724. The van der Waals surface area contributed by atoms with Crippen LogP contribution in [0.4, 0.5) is 5.82 Å². The Hall–Kier alpha value is -1.39. The van der Waals surface area contributed by atoms with Gasteiger partial charge in [0.2, 0.25) is 0 Å². The van der Waals surface area contributed by atoms with Crippen LogP contribution in [0, 0.1) is 5.92 Å². The third-order valence-corrected chi connectivity index (χ3v) is 4.70. The maximum Gasteiger partial charge on any atom is 0.139 e. The van der Waals surface area contributed by atoms with Gasteiger partial charge in [0.25, 0.3) is 0 Å². The van der Waals surface area contributed by atoms with E-state index in [1.807, 2.05) is 18.2 Å². The van der Waals surface area contributed by atoms with Gasteiger partial charge in [-0.2, -0.15) is 0 Å². The summed E-state index contributed by atoms with van der Waals surface area (Å²) in [4.78, 5) is 13.8. The van der Waals surface area contributed by atoms with Gasteiger partial charge in [0.05, 0.1) is 5.52 Å². The van der Waals surface area contributed by atoms with Crippen LogP contribution in [0.1, 0.15) is 12.8 Å². The standard InChI is InChI=1S/C16H19ClN4/c17-13-3-4-14-15(9-13)18-11-19-16(14)21-7-5-20(6-8-21)10-12-1-2-12/h3-4,9,11-12H,1-2,5-8,10H2. The van der Waals surface area contributed by atoms with Gasteiger partial charge in [-0.15, -0.1) is 0 Å². The minimum atomic E-state index is 0.724. The number of nitrogens with zero attached hydrogens (tertiary/aromatic N) is 4. The molecular weight excluding hydrogens is 284 g/mol. The Morgan fingerprint density at radius 3 is 2.67 bits per heavy atom. The van der Waals surface area contributed by atoms with Crippen molar-refractivity contribution in [3.8, 4) is 0 Å². The van der Waals surface area contributed by atoms with Crippen molar-refractivity contribution in [2.45, 2.75) is 12.8 Å². The molecule has 4 nitrogen and oxygen atoms in total. The highest BCUT2D eigenvalue weighted by Gasteiger charge is 2.27. The van der Waals surface area contributed by atoms with E-state index in [4.69, 9.17) is 11.6 Å². The van der Waals surface area contributed by atoms with E-state index in [9.17, 15) is 0 Å². The first kappa shape index (κ1) is 13.3. The Morgan fingerprint density at radius 2 is 1.90 bits per heavy atom. The van der Waals surface area contributed by atoms with Crippen LogP contribution in [0.3, 0.4) is 0 Å². The van der Waals surface area contributed by atoms with Gasteiger partial charge in [-0.1, -0.05) is 11.6 Å². The summed E-state index contributed by atoms with van der Waals surface area (Å²) < 4.78 is 0. The molecule has 21 heavy (non-hydrogen) atoms. The van der Waals surface area contributed by atoms with E-state index in [0.717, 1.165) is 53.8 Å². The summed E-state index contributed by atoms with van der Waals surface area (Å²) in [6.07, 6.45) is 4.50. The second kappa shape index (κ2) is 5.43. The Labute approximate surface area is 129 Å². The highest BCUT2D eigenvalue weighted by atomic mass is 35.5. The third kappa shape index (κ3) is 2.83. The van der Waals surface area contributed by atoms with Crippen LogP contribution in [0.2, 0.25) is 5.02 Å². The molecule has 5 heteroatoms. The predicted octanol–water partition coefficient (Wildman–Crippen LogP) is 2.82.